The lowest BCUT2D eigenvalue weighted by Crippen LogP contribution is -2.40. The molecule has 0 saturated heterocycles. The van der Waals surface area contributed by atoms with Crippen LogP contribution in [0, 0.1) is 0 Å². The summed E-state index contributed by atoms with van der Waals surface area (Å²) in [7, 11) is 5.98. The number of aliphatic carboxylic acids is 1. The van der Waals surface area contributed by atoms with Crippen LogP contribution in [-0.2, 0) is 33.3 Å². The summed E-state index contributed by atoms with van der Waals surface area (Å²) >= 11 is 0. The van der Waals surface area contributed by atoms with Crippen LogP contribution in [0.3, 0.4) is 0 Å². The molecule has 0 heterocycles. The van der Waals surface area contributed by atoms with Crippen molar-refractivity contribution in [3.63, 3.8) is 0 Å². The number of unbranched alkanes of at least 4 members (excludes halogenated alkanes) is 41. The summed E-state index contributed by atoms with van der Waals surface area (Å²) in [5, 5.41) is 9.68. The van der Waals surface area contributed by atoms with Crippen molar-refractivity contribution in [2.75, 3.05) is 47.5 Å². The minimum absolute atomic E-state index is 0.173. The Bertz CT molecular complexity index is 1080. The van der Waals surface area contributed by atoms with Crippen LogP contribution in [0.25, 0.3) is 0 Å². The van der Waals surface area contributed by atoms with Gasteiger partial charge in [-0.15, -0.1) is 0 Å². The quantitative estimate of drug-likeness (QED) is 0.0278. The highest BCUT2D eigenvalue weighted by molar-refractivity contribution is 5.71. The lowest BCUT2D eigenvalue weighted by atomic mass is 10.0. The van der Waals surface area contributed by atoms with Gasteiger partial charge in [0.15, 0.2) is 6.10 Å². The largest absolute Gasteiger partial charge is 0.477 e. The van der Waals surface area contributed by atoms with E-state index in [1.165, 1.54) is 238 Å². The van der Waals surface area contributed by atoms with Crippen molar-refractivity contribution in [1.29, 1.82) is 0 Å². The molecule has 0 aliphatic rings. The highest BCUT2D eigenvalue weighted by atomic mass is 16.7. The van der Waals surface area contributed by atoms with Gasteiger partial charge in [0.2, 0.25) is 0 Å². The second-order valence-corrected chi connectivity index (χ2v) is 21.7. The predicted molar refractivity (Wildman–Crippen MR) is 286 cm³/mol. The van der Waals surface area contributed by atoms with Gasteiger partial charge in [0.25, 0.3) is 6.29 Å². The Kier molecular flexibility index (Phi) is 50.3. The van der Waals surface area contributed by atoms with E-state index in [0.29, 0.717) is 17.4 Å². The van der Waals surface area contributed by atoms with Crippen molar-refractivity contribution in [3.05, 3.63) is 0 Å². The molecule has 68 heavy (non-hydrogen) atoms. The van der Waals surface area contributed by atoms with E-state index >= 15 is 0 Å². The number of esters is 2. The third-order valence-electron chi connectivity index (χ3n) is 13.6. The van der Waals surface area contributed by atoms with Crippen LogP contribution < -0.4 is 0 Å². The number of likely N-dealkylation sites (N-methyl/N-ethyl adjacent to an activating group) is 1. The predicted octanol–water partition coefficient (Wildman–Crippen LogP) is 17.2. The number of rotatable bonds is 56. The number of ether oxygens (including phenoxy) is 4. The maximum absolute atomic E-state index is 12.9. The molecule has 9 nitrogen and oxygen atoms in total. The second-order valence-electron chi connectivity index (χ2n) is 21.7. The molecule has 0 aromatic carbocycles. The van der Waals surface area contributed by atoms with E-state index in [1.54, 1.807) is 0 Å². The Morgan fingerprint density at radius 1 is 0.382 bits per heavy atom. The fourth-order valence-corrected chi connectivity index (χ4v) is 9.02. The SMILES string of the molecule is CCCCCCCCCCCCCCCCCCCCCCCCCCCCCCCCC(=O)OC(COC(=O)CCCCCCCCCCCCCCC)COC(OCC[N+](C)(C)C)C(=O)O. The second kappa shape index (κ2) is 51.6. The molecule has 9 heteroatoms. The van der Waals surface area contributed by atoms with Crippen LogP contribution in [-0.4, -0.2) is 87.4 Å². The zero-order valence-corrected chi connectivity index (χ0v) is 46.1. The van der Waals surface area contributed by atoms with Gasteiger partial charge in [-0.05, 0) is 12.8 Å². The molecule has 0 spiro atoms. The molecule has 0 aromatic rings. The summed E-state index contributed by atoms with van der Waals surface area (Å²) in [5.74, 6) is -1.98. The molecule has 0 bridgehead atoms. The monoisotopic (exact) mass is 967 g/mol. The van der Waals surface area contributed by atoms with Gasteiger partial charge < -0.3 is 28.5 Å². The first-order valence-corrected chi connectivity index (χ1v) is 29.7. The molecule has 0 aliphatic heterocycles. The lowest BCUT2D eigenvalue weighted by Gasteiger charge is -2.25. The van der Waals surface area contributed by atoms with E-state index in [0.717, 1.165) is 38.5 Å². The molecule has 0 aliphatic carbocycles. The summed E-state index contributed by atoms with van der Waals surface area (Å²) in [6, 6.07) is 0. The number of carbonyl (C=O) groups excluding carboxylic acids is 2. The molecule has 1 N–H and O–H groups in total. The van der Waals surface area contributed by atoms with Crippen molar-refractivity contribution in [1.82, 2.24) is 0 Å². The Balaban J connectivity index is 4.05. The zero-order valence-electron chi connectivity index (χ0n) is 46.1. The van der Waals surface area contributed by atoms with E-state index in [2.05, 4.69) is 13.8 Å². The summed E-state index contributed by atoms with van der Waals surface area (Å²) in [4.78, 5) is 37.3. The Morgan fingerprint density at radius 3 is 0.941 bits per heavy atom. The van der Waals surface area contributed by atoms with Crippen LogP contribution >= 0.6 is 0 Å². The van der Waals surface area contributed by atoms with Crippen molar-refractivity contribution < 1.29 is 42.9 Å². The van der Waals surface area contributed by atoms with Gasteiger partial charge in [-0.2, -0.15) is 0 Å². The van der Waals surface area contributed by atoms with Gasteiger partial charge in [-0.1, -0.05) is 277 Å². The molecule has 0 aromatic heterocycles. The van der Waals surface area contributed by atoms with Gasteiger partial charge >= 0.3 is 17.9 Å². The Hall–Kier alpha value is -1.71. The number of hydrogen-bond donors (Lipinski definition) is 1. The van der Waals surface area contributed by atoms with Gasteiger partial charge in [-0.3, -0.25) is 9.59 Å². The first-order valence-electron chi connectivity index (χ1n) is 29.7. The van der Waals surface area contributed by atoms with Crippen molar-refractivity contribution in [3.8, 4) is 0 Å². The van der Waals surface area contributed by atoms with Crippen molar-refractivity contribution >= 4 is 17.9 Å². The minimum Gasteiger partial charge on any atom is -0.477 e. The smallest absolute Gasteiger partial charge is 0.361 e. The molecule has 0 rings (SSSR count). The van der Waals surface area contributed by atoms with E-state index in [9.17, 15) is 19.5 Å². The maximum atomic E-state index is 12.9. The Labute approximate surface area is 422 Å². The number of carboxylic acids is 1. The van der Waals surface area contributed by atoms with Crippen molar-refractivity contribution in [2.24, 2.45) is 0 Å². The molecule has 2 unspecified atom stereocenters. The number of nitrogens with zero attached hydrogens (tertiary/aromatic N) is 1. The zero-order chi connectivity index (χ0) is 49.9. The van der Waals surface area contributed by atoms with Crippen LogP contribution in [0.5, 0.6) is 0 Å². The minimum atomic E-state index is -1.50. The average Bonchev–Trinajstić information content (AvgIpc) is 3.30. The van der Waals surface area contributed by atoms with Gasteiger partial charge in [0.1, 0.15) is 13.2 Å². The average molecular weight is 968 g/mol. The number of quaternary nitrogens is 1. The van der Waals surface area contributed by atoms with Crippen LogP contribution in [0.4, 0.5) is 0 Å². The molecule has 0 amide bonds. The topological polar surface area (TPSA) is 108 Å². The van der Waals surface area contributed by atoms with Crippen LogP contribution in [0.1, 0.15) is 303 Å². The number of carbonyl (C=O) groups is 3. The maximum Gasteiger partial charge on any atom is 0.361 e. The molecule has 404 valence electrons. The summed E-state index contributed by atoms with van der Waals surface area (Å²) in [5.41, 5.74) is 0. The van der Waals surface area contributed by atoms with E-state index in [-0.39, 0.29) is 38.2 Å². The normalized spacial score (nSPS) is 12.7. The Morgan fingerprint density at radius 2 is 0.662 bits per heavy atom. The lowest BCUT2D eigenvalue weighted by molar-refractivity contribution is -0.870. The fourth-order valence-electron chi connectivity index (χ4n) is 9.02. The van der Waals surface area contributed by atoms with Gasteiger partial charge in [0, 0.05) is 12.8 Å². The third kappa shape index (κ3) is 52.1. The van der Waals surface area contributed by atoms with Crippen LogP contribution in [0.2, 0.25) is 0 Å². The van der Waals surface area contributed by atoms with Gasteiger partial charge in [-0.25, -0.2) is 4.79 Å². The molecule has 2 atom stereocenters. The van der Waals surface area contributed by atoms with Crippen LogP contribution in [0.15, 0.2) is 0 Å². The molecule has 0 fully saturated rings. The van der Waals surface area contributed by atoms with Gasteiger partial charge in [0.05, 0.1) is 34.4 Å². The summed E-state index contributed by atoms with van der Waals surface area (Å²) < 4.78 is 22.9. The fraction of sp³-hybridized carbons (Fsp3) is 0.949. The third-order valence-corrected chi connectivity index (χ3v) is 13.6. The molecular weight excluding hydrogens is 851 g/mol. The standard InChI is InChI=1S/C59H115NO8/c1-6-8-10-12-14-16-18-20-21-22-23-24-25-26-27-28-29-30-31-32-33-34-35-36-38-40-42-44-46-48-50-57(62)68-55(54-67-59(58(63)64)65-52-51-60(3,4)5)53-66-56(61)49-47-45-43-41-39-37-19-17-15-13-11-9-7-2/h55,59H,6-54H2,1-5H3/p+1. The molecular formula is C59H116NO8+. The highest BCUT2D eigenvalue weighted by Crippen LogP contribution is 2.18. The molecule has 0 radical (unpaired) electrons. The van der Waals surface area contributed by atoms with E-state index < -0.39 is 18.4 Å². The first kappa shape index (κ1) is 66.3. The summed E-state index contributed by atoms with van der Waals surface area (Å²) in [6.45, 7) is 4.94. The first-order chi connectivity index (χ1) is 33.1. The number of carboxylic acid groups (broad SMARTS) is 1. The summed E-state index contributed by atoms with van der Waals surface area (Å²) in [6.07, 6.45) is 54.9. The van der Waals surface area contributed by atoms with E-state index in [4.69, 9.17) is 18.9 Å². The molecule has 0 saturated carbocycles. The highest BCUT2D eigenvalue weighted by Gasteiger charge is 2.25. The van der Waals surface area contributed by atoms with Crippen molar-refractivity contribution in [2.45, 2.75) is 315 Å². The number of hydrogen-bond acceptors (Lipinski definition) is 7. The van der Waals surface area contributed by atoms with E-state index in [1.807, 2.05) is 21.1 Å².